The Hall–Kier alpha value is -0.300. The molecule has 1 nitrogen and oxygen atoms in total. The molecule has 3 atom stereocenters. The first-order chi connectivity index (χ1) is 6.33. The SMILES string of the molecule is C=C1CCC2CCCCC2[NH+]1CC. The van der Waals surface area contributed by atoms with E-state index in [0.29, 0.717) is 0 Å². The van der Waals surface area contributed by atoms with Gasteiger partial charge in [-0.2, -0.15) is 0 Å². The van der Waals surface area contributed by atoms with Crippen molar-refractivity contribution in [3.05, 3.63) is 12.3 Å². The van der Waals surface area contributed by atoms with Gasteiger partial charge in [0.2, 0.25) is 0 Å². The van der Waals surface area contributed by atoms with Gasteiger partial charge < -0.3 is 4.90 Å². The maximum absolute atomic E-state index is 4.22. The number of hydrogen-bond donors (Lipinski definition) is 1. The molecule has 2 rings (SSSR count). The minimum absolute atomic E-state index is 0.931. The summed E-state index contributed by atoms with van der Waals surface area (Å²) in [5, 5.41) is 0. The zero-order valence-corrected chi connectivity index (χ0v) is 8.81. The van der Waals surface area contributed by atoms with Gasteiger partial charge in [-0.15, -0.1) is 0 Å². The molecule has 0 amide bonds. The third kappa shape index (κ3) is 1.67. The van der Waals surface area contributed by atoms with Crippen LogP contribution in [-0.2, 0) is 0 Å². The zero-order chi connectivity index (χ0) is 9.26. The quantitative estimate of drug-likeness (QED) is 0.627. The van der Waals surface area contributed by atoms with Crippen molar-refractivity contribution < 1.29 is 4.90 Å². The van der Waals surface area contributed by atoms with Crippen LogP contribution in [0.15, 0.2) is 12.3 Å². The van der Waals surface area contributed by atoms with Crippen molar-refractivity contribution in [3.63, 3.8) is 0 Å². The standard InChI is InChI=1S/C12H21N/c1-3-13-10(2)8-9-11-6-4-5-7-12(11)13/h11-12H,2-9H2,1H3/p+1. The Labute approximate surface area is 81.8 Å². The molecule has 0 bridgehead atoms. The summed E-state index contributed by atoms with van der Waals surface area (Å²) in [5.41, 5.74) is 1.48. The molecule has 1 aliphatic carbocycles. The smallest absolute Gasteiger partial charge is 0.100 e. The van der Waals surface area contributed by atoms with Gasteiger partial charge in [0.1, 0.15) is 5.70 Å². The summed E-state index contributed by atoms with van der Waals surface area (Å²) < 4.78 is 0. The normalized spacial score (nSPS) is 40.1. The summed E-state index contributed by atoms with van der Waals surface area (Å²) in [6.07, 6.45) is 8.58. The number of quaternary nitrogens is 1. The summed E-state index contributed by atoms with van der Waals surface area (Å²) in [6.45, 7) is 7.77. The number of allylic oxidation sites excluding steroid dienone is 1. The largest absolute Gasteiger partial charge is 0.304 e. The summed E-state index contributed by atoms with van der Waals surface area (Å²) in [7, 11) is 0. The number of hydrogen-bond acceptors (Lipinski definition) is 0. The first-order valence-electron chi connectivity index (χ1n) is 5.86. The molecular weight excluding hydrogens is 158 g/mol. The third-order valence-corrected chi connectivity index (χ3v) is 4.01. The monoisotopic (exact) mass is 180 g/mol. The van der Waals surface area contributed by atoms with Crippen LogP contribution in [0.2, 0.25) is 0 Å². The summed E-state index contributed by atoms with van der Waals surface area (Å²) >= 11 is 0. The van der Waals surface area contributed by atoms with Crippen LogP contribution in [0, 0.1) is 5.92 Å². The Morgan fingerprint density at radius 1 is 1.31 bits per heavy atom. The second kappa shape index (κ2) is 3.83. The lowest BCUT2D eigenvalue weighted by Gasteiger charge is -2.41. The molecular formula is C12H22N+. The van der Waals surface area contributed by atoms with Crippen molar-refractivity contribution in [2.24, 2.45) is 5.92 Å². The van der Waals surface area contributed by atoms with E-state index >= 15 is 0 Å². The maximum Gasteiger partial charge on any atom is 0.100 e. The van der Waals surface area contributed by atoms with Gasteiger partial charge in [-0.05, 0) is 32.8 Å². The lowest BCUT2D eigenvalue weighted by atomic mass is 9.77. The molecule has 0 aromatic rings. The second-order valence-electron chi connectivity index (χ2n) is 4.67. The summed E-state index contributed by atoms with van der Waals surface area (Å²) in [5.74, 6) is 1.02. The minimum Gasteiger partial charge on any atom is -0.304 e. The van der Waals surface area contributed by atoms with Gasteiger partial charge >= 0.3 is 0 Å². The van der Waals surface area contributed by atoms with Crippen molar-refractivity contribution >= 4 is 0 Å². The van der Waals surface area contributed by atoms with E-state index < -0.39 is 0 Å². The Morgan fingerprint density at radius 2 is 2.08 bits per heavy atom. The molecule has 1 aliphatic heterocycles. The van der Waals surface area contributed by atoms with Crippen molar-refractivity contribution in [2.45, 2.75) is 51.5 Å². The molecule has 3 unspecified atom stereocenters. The molecule has 74 valence electrons. The number of piperidine rings is 1. The molecule has 2 fully saturated rings. The van der Waals surface area contributed by atoms with Crippen LogP contribution >= 0.6 is 0 Å². The van der Waals surface area contributed by atoms with Gasteiger partial charge in [0, 0.05) is 18.8 Å². The molecule has 1 heteroatoms. The third-order valence-electron chi connectivity index (χ3n) is 4.01. The average Bonchev–Trinajstić information content (AvgIpc) is 2.18. The van der Waals surface area contributed by atoms with E-state index in [1.807, 2.05) is 0 Å². The Morgan fingerprint density at radius 3 is 2.85 bits per heavy atom. The molecule has 0 aromatic heterocycles. The highest BCUT2D eigenvalue weighted by atomic mass is 15.2. The second-order valence-corrected chi connectivity index (χ2v) is 4.67. The highest BCUT2D eigenvalue weighted by Gasteiger charge is 2.37. The van der Waals surface area contributed by atoms with E-state index in [9.17, 15) is 0 Å². The highest BCUT2D eigenvalue weighted by Crippen LogP contribution is 2.30. The van der Waals surface area contributed by atoms with E-state index in [2.05, 4.69) is 13.5 Å². The van der Waals surface area contributed by atoms with Crippen molar-refractivity contribution in [2.75, 3.05) is 6.54 Å². The average molecular weight is 180 g/mol. The lowest BCUT2D eigenvalue weighted by molar-refractivity contribution is -0.897. The topological polar surface area (TPSA) is 4.44 Å². The number of rotatable bonds is 1. The molecule has 0 radical (unpaired) electrons. The summed E-state index contributed by atoms with van der Waals surface area (Å²) in [6, 6.07) is 0.931. The van der Waals surface area contributed by atoms with Gasteiger partial charge in [0.15, 0.2) is 0 Å². The minimum atomic E-state index is 0.931. The van der Waals surface area contributed by atoms with Crippen LogP contribution in [0.4, 0.5) is 0 Å². The van der Waals surface area contributed by atoms with E-state index in [-0.39, 0.29) is 0 Å². The molecule has 1 heterocycles. The lowest BCUT2D eigenvalue weighted by Crippen LogP contribution is -3.15. The fraction of sp³-hybridized carbons (Fsp3) is 0.833. The van der Waals surface area contributed by atoms with Crippen LogP contribution in [-0.4, -0.2) is 12.6 Å². The molecule has 0 spiro atoms. The highest BCUT2D eigenvalue weighted by molar-refractivity contribution is 4.90. The Kier molecular flexibility index (Phi) is 2.73. The van der Waals surface area contributed by atoms with E-state index in [1.54, 1.807) is 4.90 Å². The van der Waals surface area contributed by atoms with Gasteiger partial charge in [0.25, 0.3) is 0 Å². The summed E-state index contributed by atoms with van der Waals surface area (Å²) in [4.78, 5) is 1.72. The van der Waals surface area contributed by atoms with Crippen LogP contribution in [0.3, 0.4) is 0 Å². The number of fused-ring (bicyclic) bond motifs is 1. The van der Waals surface area contributed by atoms with Crippen molar-refractivity contribution in [3.8, 4) is 0 Å². The Bertz CT molecular complexity index is 197. The molecule has 1 saturated carbocycles. The zero-order valence-electron chi connectivity index (χ0n) is 8.81. The maximum atomic E-state index is 4.22. The van der Waals surface area contributed by atoms with E-state index in [1.165, 1.54) is 50.8 Å². The van der Waals surface area contributed by atoms with E-state index in [0.717, 1.165) is 12.0 Å². The predicted molar refractivity (Wildman–Crippen MR) is 55.6 cm³/mol. The van der Waals surface area contributed by atoms with E-state index in [4.69, 9.17) is 0 Å². The molecule has 0 aromatic carbocycles. The molecule has 13 heavy (non-hydrogen) atoms. The van der Waals surface area contributed by atoms with Crippen LogP contribution in [0.5, 0.6) is 0 Å². The number of likely N-dealkylation sites (tertiary alicyclic amines) is 1. The molecule has 2 aliphatic rings. The van der Waals surface area contributed by atoms with Crippen molar-refractivity contribution in [1.29, 1.82) is 0 Å². The van der Waals surface area contributed by atoms with Crippen LogP contribution < -0.4 is 4.90 Å². The van der Waals surface area contributed by atoms with Gasteiger partial charge in [-0.25, -0.2) is 0 Å². The van der Waals surface area contributed by atoms with Gasteiger partial charge in [-0.3, -0.25) is 0 Å². The first-order valence-corrected chi connectivity index (χ1v) is 5.86. The fourth-order valence-corrected chi connectivity index (χ4v) is 3.31. The fourth-order valence-electron chi connectivity index (χ4n) is 3.31. The Balaban J connectivity index is 2.09. The van der Waals surface area contributed by atoms with Gasteiger partial charge in [0.05, 0.1) is 12.6 Å². The van der Waals surface area contributed by atoms with Crippen LogP contribution in [0.1, 0.15) is 45.4 Å². The van der Waals surface area contributed by atoms with Crippen molar-refractivity contribution in [1.82, 2.24) is 0 Å². The number of nitrogens with one attached hydrogen (secondary N) is 1. The van der Waals surface area contributed by atoms with Crippen LogP contribution in [0.25, 0.3) is 0 Å². The molecule has 1 saturated heterocycles. The van der Waals surface area contributed by atoms with Gasteiger partial charge in [-0.1, -0.05) is 6.42 Å². The predicted octanol–water partition coefficient (Wildman–Crippen LogP) is 1.76. The first kappa shape index (κ1) is 9.26. The molecule has 1 N–H and O–H groups in total.